The van der Waals surface area contributed by atoms with E-state index in [-0.39, 0.29) is 6.42 Å². The first-order valence-electron chi connectivity index (χ1n) is 5.67. The fourth-order valence-electron chi connectivity index (χ4n) is 1.98. The van der Waals surface area contributed by atoms with Gasteiger partial charge in [-0.2, -0.15) is 0 Å². The van der Waals surface area contributed by atoms with Crippen molar-refractivity contribution in [2.24, 2.45) is 0 Å². The SMILES string of the molecule is COC(=O)c1ccccc1N1CCCC(=O)C1=O. The highest BCUT2D eigenvalue weighted by Crippen LogP contribution is 2.24. The molecular formula is C13H13NO4. The van der Waals surface area contributed by atoms with Gasteiger partial charge in [-0.25, -0.2) is 4.79 Å². The Bertz CT molecular complexity index is 509. The molecule has 0 spiro atoms. The summed E-state index contributed by atoms with van der Waals surface area (Å²) in [7, 11) is 1.28. The van der Waals surface area contributed by atoms with Crippen molar-refractivity contribution in [3.63, 3.8) is 0 Å². The molecule has 1 saturated heterocycles. The predicted octanol–water partition coefficient (Wildman–Crippen LogP) is 1.17. The Hall–Kier alpha value is -2.17. The van der Waals surface area contributed by atoms with E-state index in [9.17, 15) is 14.4 Å². The zero-order valence-corrected chi connectivity index (χ0v) is 10.0. The topological polar surface area (TPSA) is 63.7 Å². The van der Waals surface area contributed by atoms with Gasteiger partial charge >= 0.3 is 5.97 Å². The van der Waals surface area contributed by atoms with Crippen LogP contribution in [0, 0.1) is 0 Å². The maximum absolute atomic E-state index is 11.8. The second-order valence-electron chi connectivity index (χ2n) is 3.99. The summed E-state index contributed by atoms with van der Waals surface area (Å²) in [5, 5.41) is 0. The van der Waals surface area contributed by atoms with Crippen molar-refractivity contribution in [2.45, 2.75) is 12.8 Å². The average Bonchev–Trinajstić information content (AvgIpc) is 2.41. The Balaban J connectivity index is 2.41. The molecular weight excluding hydrogens is 234 g/mol. The minimum atomic E-state index is -0.558. The molecule has 1 heterocycles. The number of ketones is 1. The minimum Gasteiger partial charge on any atom is -0.465 e. The van der Waals surface area contributed by atoms with Crippen LogP contribution in [-0.2, 0) is 14.3 Å². The van der Waals surface area contributed by atoms with Gasteiger partial charge in [0.2, 0.25) is 5.78 Å². The number of anilines is 1. The number of hydrogen-bond acceptors (Lipinski definition) is 4. The zero-order chi connectivity index (χ0) is 13.1. The van der Waals surface area contributed by atoms with Crippen LogP contribution in [0.25, 0.3) is 0 Å². The first-order valence-corrected chi connectivity index (χ1v) is 5.67. The monoisotopic (exact) mass is 247 g/mol. The van der Waals surface area contributed by atoms with Crippen LogP contribution in [0.5, 0.6) is 0 Å². The third-order valence-electron chi connectivity index (χ3n) is 2.87. The van der Waals surface area contributed by atoms with Crippen LogP contribution in [0.1, 0.15) is 23.2 Å². The highest BCUT2D eigenvalue weighted by Gasteiger charge is 2.29. The number of Topliss-reactive ketones (excluding diaryl/α,β-unsaturated/α-hetero) is 1. The van der Waals surface area contributed by atoms with Crippen LogP contribution < -0.4 is 4.90 Å². The smallest absolute Gasteiger partial charge is 0.339 e. The summed E-state index contributed by atoms with van der Waals surface area (Å²) in [6, 6.07) is 6.62. The molecule has 1 amide bonds. The fourth-order valence-corrected chi connectivity index (χ4v) is 1.98. The van der Waals surface area contributed by atoms with Crippen molar-refractivity contribution in [3.05, 3.63) is 29.8 Å². The molecule has 0 atom stereocenters. The summed E-state index contributed by atoms with van der Waals surface area (Å²) >= 11 is 0. The van der Waals surface area contributed by atoms with E-state index in [0.29, 0.717) is 24.2 Å². The Morgan fingerprint density at radius 3 is 2.72 bits per heavy atom. The summed E-state index contributed by atoms with van der Waals surface area (Å²) in [5.41, 5.74) is 0.727. The van der Waals surface area contributed by atoms with Crippen molar-refractivity contribution in [3.8, 4) is 0 Å². The summed E-state index contributed by atoms with van der Waals surface area (Å²) in [5.74, 6) is -1.49. The van der Waals surface area contributed by atoms with Gasteiger partial charge < -0.3 is 9.64 Å². The normalized spacial score (nSPS) is 15.7. The van der Waals surface area contributed by atoms with Crippen molar-refractivity contribution >= 4 is 23.3 Å². The number of esters is 1. The Kier molecular flexibility index (Phi) is 3.41. The first-order chi connectivity index (χ1) is 8.65. The van der Waals surface area contributed by atoms with E-state index in [0.717, 1.165) is 0 Å². The largest absolute Gasteiger partial charge is 0.465 e. The van der Waals surface area contributed by atoms with Crippen LogP contribution in [0.4, 0.5) is 5.69 Å². The van der Waals surface area contributed by atoms with Gasteiger partial charge in [-0.15, -0.1) is 0 Å². The Labute approximate surface area is 104 Å². The maximum Gasteiger partial charge on any atom is 0.339 e. The molecule has 1 aliphatic rings. The second kappa shape index (κ2) is 5.00. The number of ether oxygens (including phenoxy) is 1. The molecule has 1 aromatic carbocycles. The molecule has 1 aliphatic heterocycles. The fraction of sp³-hybridized carbons (Fsp3) is 0.308. The molecule has 18 heavy (non-hydrogen) atoms. The van der Waals surface area contributed by atoms with E-state index in [1.165, 1.54) is 12.0 Å². The summed E-state index contributed by atoms with van der Waals surface area (Å²) in [6.45, 7) is 0.443. The number of benzene rings is 1. The molecule has 0 bridgehead atoms. The highest BCUT2D eigenvalue weighted by atomic mass is 16.5. The number of rotatable bonds is 2. The van der Waals surface area contributed by atoms with Gasteiger partial charge in [0.15, 0.2) is 0 Å². The van der Waals surface area contributed by atoms with Gasteiger partial charge in [-0.1, -0.05) is 12.1 Å². The van der Waals surface area contributed by atoms with Crippen LogP contribution in [0.2, 0.25) is 0 Å². The highest BCUT2D eigenvalue weighted by molar-refractivity contribution is 6.42. The van der Waals surface area contributed by atoms with E-state index >= 15 is 0 Å². The molecule has 0 N–H and O–H groups in total. The lowest BCUT2D eigenvalue weighted by atomic mass is 10.1. The van der Waals surface area contributed by atoms with Gasteiger partial charge in [-0.3, -0.25) is 9.59 Å². The summed E-state index contributed by atoms with van der Waals surface area (Å²) in [4.78, 5) is 36.2. The quantitative estimate of drug-likeness (QED) is 0.581. The number of nitrogens with zero attached hydrogens (tertiary/aromatic N) is 1. The molecule has 0 aromatic heterocycles. The van der Waals surface area contributed by atoms with Crippen molar-refractivity contribution < 1.29 is 19.1 Å². The first kappa shape index (κ1) is 12.3. The molecule has 1 aromatic rings. The van der Waals surface area contributed by atoms with E-state index in [4.69, 9.17) is 0 Å². The Morgan fingerprint density at radius 1 is 1.28 bits per heavy atom. The number of hydrogen-bond donors (Lipinski definition) is 0. The molecule has 1 fully saturated rings. The third kappa shape index (κ3) is 2.11. The number of piperidine rings is 1. The lowest BCUT2D eigenvalue weighted by molar-refractivity contribution is -0.137. The van der Waals surface area contributed by atoms with E-state index < -0.39 is 17.7 Å². The van der Waals surface area contributed by atoms with E-state index in [1.54, 1.807) is 24.3 Å². The van der Waals surface area contributed by atoms with Gasteiger partial charge in [0.05, 0.1) is 18.4 Å². The van der Waals surface area contributed by atoms with E-state index in [2.05, 4.69) is 4.74 Å². The average molecular weight is 247 g/mol. The van der Waals surface area contributed by atoms with Crippen LogP contribution in [0.15, 0.2) is 24.3 Å². The number of amides is 1. The third-order valence-corrected chi connectivity index (χ3v) is 2.87. The lowest BCUT2D eigenvalue weighted by Gasteiger charge is -2.27. The van der Waals surface area contributed by atoms with E-state index in [1.807, 2.05) is 0 Å². The van der Waals surface area contributed by atoms with Gasteiger partial charge in [0, 0.05) is 13.0 Å². The molecule has 0 unspecified atom stereocenters. The molecule has 5 nitrogen and oxygen atoms in total. The Morgan fingerprint density at radius 2 is 2.00 bits per heavy atom. The minimum absolute atomic E-state index is 0.274. The summed E-state index contributed by atoms with van der Waals surface area (Å²) < 4.78 is 4.67. The van der Waals surface area contributed by atoms with Crippen LogP contribution >= 0.6 is 0 Å². The van der Waals surface area contributed by atoms with Crippen LogP contribution in [-0.4, -0.2) is 31.3 Å². The number of para-hydroxylation sites is 1. The molecule has 0 saturated carbocycles. The van der Waals surface area contributed by atoms with Crippen molar-refractivity contribution in [1.82, 2.24) is 0 Å². The summed E-state index contributed by atoms with van der Waals surface area (Å²) in [6.07, 6.45) is 0.885. The molecule has 94 valence electrons. The molecule has 0 radical (unpaired) electrons. The van der Waals surface area contributed by atoms with Crippen LogP contribution in [0.3, 0.4) is 0 Å². The van der Waals surface area contributed by atoms with Gasteiger partial charge in [-0.05, 0) is 18.6 Å². The maximum atomic E-state index is 11.8. The van der Waals surface area contributed by atoms with Crippen molar-refractivity contribution in [2.75, 3.05) is 18.6 Å². The lowest BCUT2D eigenvalue weighted by Crippen LogP contribution is -2.42. The molecule has 2 rings (SSSR count). The standard InChI is InChI=1S/C13H13NO4/c1-18-13(17)9-5-2-3-6-10(9)14-8-4-7-11(15)12(14)16/h2-3,5-6H,4,7-8H2,1H3. The molecule has 0 aliphatic carbocycles. The predicted molar refractivity (Wildman–Crippen MR) is 64.4 cm³/mol. The number of carbonyl (C=O) groups is 3. The van der Waals surface area contributed by atoms with Crippen molar-refractivity contribution in [1.29, 1.82) is 0 Å². The number of methoxy groups -OCH3 is 1. The van der Waals surface area contributed by atoms with Gasteiger partial charge in [0.1, 0.15) is 0 Å². The van der Waals surface area contributed by atoms with Gasteiger partial charge in [0.25, 0.3) is 5.91 Å². The zero-order valence-electron chi connectivity index (χ0n) is 10.0. The molecule has 5 heteroatoms. The number of carbonyl (C=O) groups excluding carboxylic acids is 3. The second-order valence-corrected chi connectivity index (χ2v) is 3.99.